The molecule has 2 atom stereocenters. The first-order chi connectivity index (χ1) is 18.2. The van der Waals surface area contributed by atoms with Gasteiger partial charge in [0.15, 0.2) is 0 Å². The van der Waals surface area contributed by atoms with Crippen LogP contribution in [0.25, 0.3) is 0 Å². The van der Waals surface area contributed by atoms with Crippen LogP contribution < -0.4 is 10.2 Å². The zero-order valence-corrected chi connectivity index (χ0v) is 25.1. The summed E-state index contributed by atoms with van der Waals surface area (Å²) in [5, 5.41) is 3.10. The van der Waals surface area contributed by atoms with Crippen LogP contribution in [0.15, 0.2) is 73.1 Å². The zero-order chi connectivity index (χ0) is 29.0. The molecule has 3 aromatic rings. The predicted octanol–water partition coefficient (Wildman–Crippen LogP) is 7.37. The summed E-state index contributed by atoms with van der Waals surface area (Å²) in [7, 11) is 0. The van der Waals surface area contributed by atoms with Crippen molar-refractivity contribution in [2.24, 2.45) is 5.92 Å². The van der Waals surface area contributed by atoms with Crippen molar-refractivity contribution in [1.29, 1.82) is 0 Å². The number of aromatic nitrogens is 1. The summed E-state index contributed by atoms with van der Waals surface area (Å²) in [6.07, 6.45) is 4.33. The highest BCUT2D eigenvalue weighted by Gasteiger charge is 2.37. The van der Waals surface area contributed by atoms with Gasteiger partial charge in [0, 0.05) is 29.2 Å². The van der Waals surface area contributed by atoms with E-state index in [2.05, 4.69) is 57.1 Å². The maximum Gasteiger partial charge on any atom is 0.248 e. The quantitative estimate of drug-likeness (QED) is 0.333. The molecule has 1 N–H and O–H groups in total. The Bertz CT molecular complexity index is 1230. The molecule has 0 bridgehead atoms. The molecule has 0 saturated carbocycles. The Balaban J connectivity index is 2.12. The second-order valence-electron chi connectivity index (χ2n) is 13.0. The molecule has 39 heavy (non-hydrogen) atoms. The van der Waals surface area contributed by atoms with Gasteiger partial charge in [-0.15, -0.1) is 0 Å². The van der Waals surface area contributed by atoms with E-state index in [1.807, 2.05) is 70.2 Å². The van der Waals surface area contributed by atoms with Crippen molar-refractivity contribution in [3.8, 4) is 0 Å². The van der Waals surface area contributed by atoms with Gasteiger partial charge in [0.05, 0.1) is 5.92 Å². The Hall–Kier alpha value is -3.47. The number of nitrogens with one attached hydrogen (secondary N) is 1. The Morgan fingerprint density at radius 2 is 1.46 bits per heavy atom. The van der Waals surface area contributed by atoms with Gasteiger partial charge in [0.1, 0.15) is 6.04 Å². The van der Waals surface area contributed by atoms with Crippen LogP contribution in [0.3, 0.4) is 0 Å². The van der Waals surface area contributed by atoms with Crippen LogP contribution in [0.5, 0.6) is 0 Å². The number of anilines is 1. The van der Waals surface area contributed by atoms with E-state index in [0.29, 0.717) is 17.2 Å². The minimum atomic E-state index is -0.881. The molecule has 2 amide bonds. The largest absolute Gasteiger partial charge is 0.349 e. The normalized spacial score (nSPS) is 13.6. The van der Waals surface area contributed by atoms with Gasteiger partial charge in [-0.2, -0.15) is 0 Å². The minimum absolute atomic E-state index is 0.0370. The molecule has 0 aliphatic carbocycles. The summed E-state index contributed by atoms with van der Waals surface area (Å²) < 4.78 is 0. The van der Waals surface area contributed by atoms with Crippen molar-refractivity contribution in [3.63, 3.8) is 0 Å². The fourth-order valence-corrected chi connectivity index (χ4v) is 4.68. The lowest BCUT2D eigenvalue weighted by atomic mass is 9.87. The summed E-state index contributed by atoms with van der Waals surface area (Å²) in [6, 6.07) is 19.0. The molecule has 1 aromatic heterocycles. The molecule has 5 heteroatoms. The first-order valence-corrected chi connectivity index (χ1v) is 13.9. The van der Waals surface area contributed by atoms with Crippen LogP contribution >= 0.6 is 0 Å². The molecule has 2 aromatic carbocycles. The molecule has 1 heterocycles. The van der Waals surface area contributed by atoms with Crippen LogP contribution in [-0.2, 0) is 21.4 Å². The molecule has 0 aliphatic heterocycles. The Morgan fingerprint density at radius 3 is 1.95 bits per heavy atom. The smallest absolute Gasteiger partial charge is 0.248 e. The fraction of sp³-hybridized carbons (Fsp3) is 0.441. The number of carbonyl (C=O) groups excluding carboxylic acids is 2. The third kappa shape index (κ3) is 8.01. The van der Waals surface area contributed by atoms with Crippen molar-refractivity contribution >= 4 is 17.5 Å². The summed E-state index contributed by atoms with van der Waals surface area (Å²) >= 11 is 0. The fourth-order valence-electron chi connectivity index (χ4n) is 4.68. The third-order valence-electron chi connectivity index (χ3n) is 6.75. The first kappa shape index (κ1) is 30.1. The second kappa shape index (κ2) is 12.1. The van der Waals surface area contributed by atoms with Crippen LogP contribution in [0, 0.1) is 5.92 Å². The molecule has 0 spiro atoms. The van der Waals surface area contributed by atoms with Gasteiger partial charge in [-0.3, -0.25) is 19.5 Å². The highest BCUT2D eigenvalue weighted by atomic mass is 16.2. The van der Waals surface area contributed by atoms with E-state index in [0.717, 1.165) is 17.5 Å². The van der Waals surface area contributed by atoms with Crippen molar-refractivity contribution < 1.29 is 9.59 Å². The molecular weight excluding hydrogens is 482 g/mol. The van der Waals surface area contributed by atoms with Gasteiger partial charge in [-0.1, -0.05) is 77.1 Å². The van der Waals surface area contributed by atoms with Crippen molar-refractivity contribution in [3.05, 3.63) is 95.3 Å². The van der Waals surface area contributed by atoms with Gasteiger partial charge < -0.3 is 5.32 Å². The summed E-state index contributed by atoms with van der Waals surface area (Å²) in [5.41, 5.74) is 4.15. The van der Waals surface area contributed by atoms with Crippen LogP contribution in [0.4, 0.5) is 5.69 Å². The van der Waals surface area contributed by atoms with Gasteiger partial charge in [0.2, 0.25) is 11.8 Å². The van der Waals surface area contributed by atoms with E-state index in [1.165, 1.54) is 5.56 Å². The lowest BCUT2D eigenvalue weighted by Crippen LogP contribution is -2.50. The van der Waals surface area contributed by atoms with Gasteiger partial charge >= 0.3 is 0 Å². The molecule has 0 saturated heterocycles. The number of benzene rings is 2. The number of hydrogen-bond acceptors (Lipinski definition) is 3. The molecule has 5 nitrogen and oxygen atoms in total. The number of hydrogen-bond donors (Lipinski definition) is 1. The first-order valence-electron chi connectivity index (χ1n) is 13.9. The van der Waals surface area contributed by atoms with E-state index < -0.39 is 17.5 Å². The third-order valence-corrected chi connectivity index (χ3v) is 6.75. The molecular formula is C34H45N3O2. The minimum Gasteiger partial charge on any atom is -0.349 e. The molecule has 0 fully saturated rings. The average molecular weight is 528 g/mol. The van der Waals surface area contributed by atoms with E-state index in [9.17, 15) is 9.59 Å². The molecule has 0 aliphatic rings. The number of amides is 2. The lowest BCUT2D eigenvalue weighted by Gasteiger charge is -2.35. The van der Waals surface area contributed by atoms with Gasteiger partial charge in [-0.25, -0.2) is 0 Å². The van der Waals surface area contributed by atoms with Gasteiger partial charge in [0.25, 0.3) is 0 Å². The second-order valence-corrected chi connectivity index (χ2v) is 13.0. The molecule has 0 radical (unpaired) electrons. The lowest BCUT2D eigenvalue weighted by molar-refractivity contribution is -0.128. The number of pyridine rings is 1. The van der Waals surface area contributed by atoms with Crippen molar-refractivity contribution in [2.75, 3.05) is 4.90 Å². The SMILES string of the molecule is CC(C)Cc1ccc(C(C)C(=O)N(c2ccc(C(C)(C)C)cc2)C(C(=O)NC(C)(C)C)c2cccnc2)cc1. The maximum absolute atomic E-state index is 14.4. The highest BCUT2D eigenvalue weighted by molar-refractivity contribution is 6.04. The number of carbonyl (C=O) groups is 2. The molecule has 2 unspecified atom stereocenters. The summed E-state index contributed by atoms with van der Waals surface area (Å²) in [6.45, 7) is 18.6. The zero-order valence-electron chi connectivity index (χ0n) is 25.1. The summed E-state index contributed by atoms with van der Waals surface area (Å²) in [4.78, 5) is 34.2. The van der Waals surface area contributed by atoms with Crippen molar-refractivity contribution in [2.45, 2.75) is 91.6 Å². The van der Waals surface area contributed by atoms with E-state index in [-0.39, 0.29) is 17.2 Å². The van der Waals surface area contributed by atoms with E-state index in [1.54, 1.807) is 23.4 Å². The monoisotopic (exact) mass is 527 g/mol. The standard InChI is InChI=1S/C34H45N3O2/c1-23(2)21-25-12-14-26(15-13-25)24(3)32(39)37(29-18-16-28(17-19-29)33(4,5)6)30(27-11-10-20-35-22-27)31(38)36-34(7,8)9/h10-20,22-24,30H,21H2,1-9H3,(H,36,38). The van der Waals surface area contributed by atoms with Gasteiger partial charge in [-0.05, 0) is 80.3 Å². The topological polar surface area (TPSA) is 62.3 Å². The predicted molar refractivity (Wildman–Crippen MR) is 161 cm³/mol. The van der Waals surface area contributed by atoms with Crippen LogP contribution in [0.1, 0.15) is 96.5 Å². The Kier molecular flexibility index (Phi) is 9.37. The Labute approximate surface area is 235 Å². The van der Waals surface area contributed by atoms with Crippen molar-refractivity contribution in [1.82, 2.24) is 10.3 Å². The van der Waals surface area contributed by atoms with Crippen LogP contribution in [0.2, 0.25) is 0 Å². The van der Waals surface area contributed by atoms with Crippen LogP contribution in [-0.4, -0.2) is 22.3 Å². The maximum atomic E-state index is 14.4. The Morgan fingerprint density at radius 1 is 0.846 bits per heavy atom. The molecule has 208 valence electrons. The summed E-state index contributed by atoms with van der Waals surface area (Å²) in [5.74, 6) is -0.290. The number of rotatable bonds is 8. The van der Waals surface area contributed by atoms with E-state index >= 15 is 0 Å². The average Bonchev–Trinajstić information content (AvgIpc) is 2.85. The molecule has 3 rings (SSSR count). The number of nitrogens with zero attached hydrogens (tertiary/aromatic N) is 2. The highest BCUT2D eigenvalue weighted by Crippen LogP contribution is 2.34. The van der Waals surface area contributed by atoms with E-state index in [4.69, 9.17) is 0 Å².